The van der Waals surface area contributed by atoms with Crippen molar-refractivity contribution in [2.75, 3.05) is 6.54 Å². The first kappa shape index (κ1) is 13.9. The average molecular weight is 301 g/mol. The van der Waals surface area contributed by atoms with Crippen LogP contribution >= 0.6 is 0 Å². The van der Waals surface area contributed by atoms with Crippen LogP contribution in [0.1, 0.15) is 66.3 Å². The van der Waals surface area contributed by atoms with E-state index >= 15 is 0 Å². The zero-order chi connectivity index (χ0) is 15.3. The Morgan fingerprint density at radius 2 is 2.05 bits per heavy atom. The molecule has 1 atom stereocenters. The lowest BCUT2D eigenvalue weighted by Crippen LogP contribution is -2.24. The molecule has 2 aliphatic rings. The Hall–Kier alpha value is -1.69. The molecule has 3 heterocycles. The summed E-state index contributed by atoms with van der Waals surface area (Å²) in [5.41, 5.74) is 3.79. The molecule has 0 radical (unpaired) electrons. The van der Waals surface area contributed by atoms with Crippen LogP contribution in [0.3, 0.4) is 0 Å². The van der Waals surface area contributed by atoms with Gasteiger partial charge < -0.3 is 4.52 Å². The van der Waals surface area contributed by atoms with Crippen molar-refractivity contribution >= 4 is 0 Å². The van der Waals surface area contributed by atoms with E-state index in [4.69, 9.17) is 4.52 Å². The summed E-state index contributed by atoms with van der Waals surface area (Å²) < 4.78 is 7.37. The predicted molar refractivity (Wildman–Crippen MR) is 81.3 cm³/mol. The second kappa shape index (κ2) is 5.19. The zero-order valence-corrected chi connectivity index (χ0v) is 13.5. The molecule has 0 spiro atoms. The Kier molecular flexibility index (Phi) is 3.29. The van der Waals surface area contributed by atoms with E-state index in [0.29, 0.717) is 12.0 Å². The zero-order valence-electron chi connectivity index (χ0n) is 13.5. The maximum atomic E-state index is 5.39. The molecule has 1 aliphatic heterocycles. The van der Waals surface area contributed by atoms with Crippen molar-refractivity contribution in [1.82, 2.24) is 24.8 Å². The largest absolute Gasteiger partial charge is 0.339 e. The van der Waals surface area contributed by atoms with Crippen molar-refractivity contribution in [2.45, 2.75) is 58.0 Å². The van der Waals surface area contributed by atoms with Gasteiger partial charge in [0.15, 0.2) is 5.82 Å². The molecule has 1 unspecified atom stereocenters. The number of likely N-dealkylation sites (tertiary alicyclic amines) is 1. The summed E-state index contributed by atoms with van der Waals surface area (Å²) in [5, 5.41) is 8.74. The lowest BCUT2D eigenvalue weighted by molar-refractivity contribution is 0.236. The minimum atomic E-state index is 0.427. The van der Waals surface area contributed by atoms with E-state index in [0.717, 1.165) is 30.5 Å². The van der Waals surface area contributed by atoms with Gasteiger partial charge in [0.25, 0.3) is 0 Å². The van der Waals surface area contributed by atoms with Gasteiger partial charge in [0.05, 0.1) is 12.2 Å². The van der Waals surface area contributed by atoms with Crippen LogP contribution < -0.4 is 0 Å². The smallest absolute Gasteiger partial charge is 0.229 e. The molecule has 4 rings (SSSR count). The van der Waals surface area contributed by atoms with Crippen LogP contribution in [0.5, 0.6) is 0 Å². The SMILES string of the molecule is Cc1nn(C)c(C)c1C1CCCN1Cc1noc(C2CC2)n1. The summed E-state index contributed by atoms with van der Waals surface area (Å²) in [6.45, 7) is 6.13. The van der Waals surface area contributed by atoms with Gasteiger partial charge >= 0.3 is 0 Å². The van der Waals surface area contributed by atoms with Gasteiger partial charge in [-0.05, 0) is 46.1 Å². The van der Waals surface area contributed by atoms with Crippen LogP contribution in [0.2, 0.25) is 0 Å². The molecule has 6 nitrogen and oxygen atoms in total. The van der Waals surface area contributed by atoms with Crippen LogP contribution in [0.4, 0.5) is 0 Å². The molecule has 2 aromatic rings. The molecular formula is C16H23N5O. The summed E-state index contributed by atoms with van der Waals surface area (Å²) in [4.78, 5) is 7.04. The number of hydrogen-bond donors (Lipinski definition) is 0. The Morgan fingerprint density at radius 1 is 1.23 bits per heavy atom. The quantitative estimate of drug-likeness (QED) is 0.869. The van der Waals surface area contributed by atoms with E-state index in [1.807, 2.05) is 11.7 Å². The average Bonchev–Trinajstić information content (AvgIpc) is 2.98. The molecule has 0 amide bonds. The maximum Gasteiger partial charge on any atom is 0.229 e. The Labute approximate surface area is 130 Å². The standard InChI is InChI=1S/C16H23N5O/c1-10-15(11(2)20(3)18-10)13-5-4-8-21(13)9-14-17-16(22-19-14)12-6-7-12/h12-13H,4-9H2,1-3H3. The second-order valence-corrected chi connectivity index (χ2v) is 6.66. The van der Waals surface area contributed by atoms with E-state index in [-0.39, 0.29) is 0 Å². The van der Waals surface area contributed by atoms with Crippen molar-refractivity contribution in [3.8, 4) is 0 Å². The van der Waals surface area contributed by atoms with Crippen molar-refractivity contribution in [3.63, 3.8) is 0 Å². The van der Waals surface area contributed by atoms with E-state index in [1.165, 1.54) is 36.9 Å². The summed E-state index contributed by atoms with van der Waals surface area (Å²) >= 11 is 0. The van der Waals surface area contributed by atoms with Crippen LogP contribution in [0.15, 0.2) is 4.52 Å². The van der Waals surface area contributed by atoms with Crippen LogP contribution in [0.25, 0.3) is 0 Å². The van der Waals surface area contributed by atoms with Gasteiger partial charge in [0.2, 0.25) is 5.89 Å². The van der Waals surface area contributed by atoms with E-state index in [1.54, 1.807) is 0 Å². The predicted octanol–water partition coefficient (Wildman–Crippen LogP) is 2.63. The Bertz CT molecular complexity index is 685. The number of nitrogens with zero attached hydrogens (tertiary/aromatic N) is 5. The van der Waals surface area contributed by atoms with Crippen LogP contribution in [-0.4, -0.2) is 31.4 Å². The summed E-state index contributed by atoms with van der Waals surface area (Å²) in [6.07, 6.45) is 4.79. The topological polar surface area (TPSA) is 60.0 Å². The number of rotatable bonds is 4. The molecule has 2 fully saturated rings. The van der Waals surface area contributed by atoms with E-state index in [2.05, 4.69) is 34.0 Å². The molecule has 0 N–H and O–H groups in total. The Morgan fingerprint density at radius 3 is 2.73 bits per heavy atom. The van der Waals surface area contributed by atoms with Gasteiger partial charge in [-0.1, -0.05) is 5.16 Å². The van der Waals surface area contributed by atoms with E-state index in [9.17, 15) is 0 Å². The van der Waals surface area contributed by atoms with E-state index < -0.39 is 0 Å². The highest BCUT2D eigenvalue weighted by Gasteiger charge is 2.33. The fourth-order valence-electron chi connectivity index (χ4n) is 3.62. The maximum absolute atomic E-state index is 5.39. The van der Waals surface area contributed by atoms with Gasteiger partial charge in [0.1, 0.15) is 0 Å². The number of aromatic nitrogens is 4. The molecule has 1 aliphatic carbocycles. The summed E-state index contributed by atoms with van der Waals surface area (Å²) in [5.74, 6) is 2.19. The minimum Gasteiger partial charge on any atom is -0.339 e. The molecule has 1 saturated carbocycles. The van der Waals surface area contributed by atoms with Gasteiger partial charge in [-0.15, -0.1) is 0 Å². The second-order valence-electron chi connectivity index (χ2n) is 6.66. The summed E-state index contributed by atoms with van der Waals surface area (Å²) in [6, 6.07) is 0.427. The van der Waals surface area contributed by atoms with Crippen LogP contribution in [-0.2, 0) is 13.6 Å². The minimum absolute atomic E-state index is 0.427. The van der Waals surface area contributed by atoms with Gasteiger partial charge in [-0.2, -0.15) is 10.1 Å². The van der Waals surface area contributed by atoms with Crippen LogP contribution in [0, 0.1) is 13.8 Å². The van der Waals surface area contributed by atoms with Crippen molar-refractivity contribution in [2.24, 2.45) is 7.05 Å². The third kappa shape index (κ3) is 2.35. The van der Waals surface area contributed by atoms with Crippen molar-refractivity contribution in [1.29, 1.82) is 0 Å². The first-order valence-electron chi connectivity index (χ1n) is 8.20. The Balaban J connectivity index is 1.55. The molecule has 2 aromatic heterocycles. The molecule has 6 heteroatoms. The number of hydrogen-bond acceptors (Lipinski definition) is 5. The van der Waals surface area contributed by atoms with Gasteiger partial charge in [-0.3, -0.25) is 9.58 Å². The third-order valence-electron chi connectivity index (χ3n) is 5.02. The fourth-order valence-corrected chi connectivity index (χ4v) is 3.62. The molecular weight excluding hydrogens is 278 g/mol. The first-order chi connectivity index (χ1) is 10.6. The fraction of sp³-hybridized carbons (Fsp3) is 0.688. The highest BCUT2D eigenvalue weighted by molar-refractivity contribution is 5.29. The lowest BCUT2D eigenvalue weighted by Gasteiger charge is -2.23. The highest BCUT2D eigenvalue weighted by Crippen LogP contribution is 2.39. The normalized spacial score (nSPS) is 22.6. The van der Waals surface area contributed by atoms with Crippen molar-refractivity contribution in [3.05, 3.63) is 28.7 Å². The first-order valence-corrected chi connectivity index (χ1v) is 8.20. The highest BCUT2D eigenvalue weighted by atomic mass is 16.5. The van der Waals surface area contributed by atoms with Gasteiger partial charge in [0, 0.05) is 30.3 Å². The molecule has 0 bridgehead atoms. The molecule has 1 saturated heterocycles. The third-order valence-corrected chi connectivity index (χ3v) is 5.02. The monoisotopic (exact) mass is 301 g/mol. The molecule has 22 heavy (non-hydrogen) atoms. The van der Waals surface area contributed by atoms with Gasteiger partial charge in [-0.25, -0.2) is 0 Å². The molecule has 0 aromatic carbocycles. The molecule has 118 valence electrons. The lowest BCUT2D eigenvalue weighted by atomic mass is 10.0. The number of aryl methyl sites for hydroxylation is 2. The van der Waals surface area contributed by atoms with Crippen molar-refractivity contribution < 1.29 is 4.52 Å². The summed E-state index contributed by atoms with van der Waals surface area (Å²) in [7, 11) is 2.02.